The first-order chi connectivity index (χ1) is 18.4. The maximum absolute atomic E-state index is 12.7. The number of ether oxygens (including phenoxy) is 1. The Morgan fingerprint density at radius 2 is 1.66 bits per heavy atom. The monoisotopic (exact) mass is 555 g/mol. The van der Waals surface area contributed by atoms with Crippen LogP contribution in [-0.2, 0) is 4.74 Å². The molecule has 0 unspecified atom stereocenters. The number of halogens is 1. The van der Waals surface area contributed by atoms with Gasteiger partial charge >= 0.3 is 0 Å². The van der Waals surface area contributed by atoms with Gasteiger partial charge in [-0.3, -0.25) is 20.2 Å². The van der Waals surface area contributed by atoms with E-state index in [1.54, 1.807) is 36.4 Å². The van der Waals surface area contributed by atoms with Gasteiger partial charge in [0.25, 0.3) is 11.6 Å². The number of furan rings is 1. The van der Waals surface area contributed by atoms with Gasteiger partial charge in [-0.15, -0.1) is 0 Å². The number of amides is 1. The average molecular weight is 556 g/mol. The second-order valence-corrected chi connectivity index (χ2v) is 9.76. The van der Waals surface area contributed by atoms with Crippen molar-refractivity contribution in [3.63, 3.8) is 0 Å². The highest BCUT2D eigenvalue weighted by Crippen LogP contribution is 2.33. The largest absolute Gasteiger partial charge is 0.451 e. The van der Waals surface area contributed by atoms with E-state index in [1.807, 2.05) is 28.0 Å². The predicted molar refractivity (Wildman–Crippen MR) is 149 cm³/mol. The van der Waals surface area contributed by atoms with E-state index in [2.05, 4.69) is 10.2 Å². The van der Waals surface area contributed by atoms with Crippen LogP contribution in [0.3, 0.4) is 0 Å². The zero-order valence-electron chi connectivity index (χ0n) is 20.5. The van der Waals surface area contributed by atoms with E-state index in [0.29, 0.717) is 74.1 Å². The summed E-state index contributed by atoms with van der Waals surface area (Å²) in [5.41, 5.74) is 2.43. The Morgan fingerprint density at radius 1 is 0.947 bits per heavy atom. The number of nitro groups is 1. The number of carbonyl (C=O) groups excluding carboxylic acids is 1. The summed E-state index contributed by atoms with van der Waals surface area (Å²) in [6.45, 7) is 4.81. The third kappa shape index (κ3) is 5.74. The molecule has 0 radical (unpaired) electrons. The maximum atomic E-state index is 12.7. The molecule has 1 N–H and O–H groups in total. The van der Waals surface area contributed by atoms with Crippen molar-refractivity contribution in [2.24, 2.45) is 0 Å². The Hall–Kier alpha value is -3.67. The first-order valence-corrected chi connectivity index (χ1v) is 13.0. The molecule has 5 rings (SSSR count). The second kappa shape index (κ2) is 11.4. The molecule has 198 valence electrons. The fourth-order valence-corrected chi connectivity index (χ4v) is 4.96. The molecule has 2 saturated heterocycles. The number of benzene rings is 2. The second-order valence-electron chi connectivity index (χ2n) is 8.93. The predicted octanol–water partition coefficient (Wildman–Crippen LogP) is 4.18. The minimum absolute atomic E-state index is 0.0929. The molecule has 2 aliphatic heterocycles. The van der Waals surface area contributed by atoms with Crippen molar-refractivity contribution in [1.82, 2.24) is 10.2 Å². The summed E-state index contributed by atoms with van der Waals surface area (Å²) in [6.07, 6.45) is 0. The molecule has 12 heteroatoms. The molecule has 3 aromatic rings. The van der Waals surface area contributed by atoms with Crippen molar-refractivity contribution in [3.8, 4) is 11.3 Å². The number of rotatable bonds is 5. The van der Waals surface area contributed by atoms with Crippen molar-refractivity contribution < 1.29 is 18.9 Å². The lowest BCUT2D eigenvalue weighted by Gasteiger charge is -2.37. The Morgan fingerprint density at radius 3 is 2.34 bits per heavy atom. The van der Waals surface area contributed by atoms with Crippen LogP contribution in [0.1, 0.15) is 10.6 Å². The minimum Gasteiger partial charge on any atom is -0.451 e. The third-order valence-electron chi connectivity index (χ3n) is 6.62. The molecule has 2 aromatic carbocycles. The molecule has 3 heterocycles. The van der Waals surface area contributed by atoms with E-state index in [4.69, 9.17) is 33.0 Å². The van der Waals surface area contributed by atoms with Crippen molar-refractivity contribution in [2.75, 3.05) is 62.3 Å². The summed E-state index contributed by atoms with van der Waals surface area (Å²) in [4.78, 5) is 30.1. The summed E-state index contributed by atoms with van der Waals surface area (Å²) >= 11 is 11.4. The number of hydrogen-bond donors (Lipinski definition) is 1. The topological polar surface area (TPSA) is 104 Å². The van der Waals surface area contributed by atoms with Gasteiger partial charge in [0.15, 0.2) is 10.9 Å². The quantitative estimate of drug-likeness (QED) is 0.282. The summed E-state index contributed by atoms with van der Waals surface area (Å²) in [6, 6.07) is 15.7. The van der Waals surface area contributed by atoms with E-state index in [1.165, 1.54) is 0 Å². The van der Waals surface area contributed by atoms with Crippen LogP contribution >= 0.6 is 23.8 Å². The number of anilines is 2. The van der Waals surface area contributed by atoms with Gasteiger partial charge in [-0.1, -0.05) is 11.6 Å². The van der Waals surface area contributed by atoms with Crippen LogP contribution in [0.15, 0.2) is 59.0 Å². The first kappa shape index (κ1) is 26.0. The Bertz CT molecular complexity index is 1330. The number of nitro benzene ring substituents is 1. The fourth-order valence-electron chi connectivity index (χ4n) is 4.56. The van der Waals surface area contributed by atoms with Crippen molar-refractivity contribution in [2.45, 2.75) is 0 Å². The standard InChI is InChI=1S/C26H26ClN5O5S/c27-19-3-1-18(2-4-19)23-7-8-24(37-23)25(33)28-26(38)31-11-9-29(10-12-31)20-5-6-21(32(34)35)22(17-20)30-13-15-36-16-14-30/h1-8,17H,9-16H2,(H,28,33,38). The van der Waals surface area contributed by atoms with Gasteiger partial charge in [0.2, 0.25) is 0 Å². The van der Waals surface area contributed by atoms with Crippen LogP contribution in [0.5, 0.6) is 0 Å². The molecule has 2 fully saturated rings. The van der Waals surface area contributed by atoms with E-state index >= 15 is 0 Å². The number of carbonyl (C=O) groups is 1. The van der Waals surface area contributed by atoms with E-state index in [-0.39, 0.29) is 16.4 Å². The highest BCUT2D eigenvalue weighted by Gasteiger charge is 2.26. The van der Waals surface area contributed by atoms with Crippen LogP contribution in [0.2, 0.25) is 5.02 Å². The van der Waals surface area contributed by atoms with Gasteiger partial charge in [-0.05, 0) is 60.7 Å². The number of nitrogens with one attached hydrogen (secondary N) is 1. The molecular formula is C26H26ClN5O5S. The minimum atomic E-state index is -0.414. The molecule has 10 nitrogen and oxygen atoms in total. The van der Waals surface area contributed by atoms with Gasteiger partial charge < -0.3 is 23.9 Å². The van der Waals surface area contributed by atoms with E-state index in [0.717, 1.165) is 11.3 Å². The van der Waals surface area contributed by atoms with Gasteiger partial charge in [-0.25, -0.2) is 0 Å². The number of nitrogens with zero attached hydrogens (tertiary/aromatic N) is 4. The lowest BCUT2D eigenvalue weighted by molar-refractivity contribution is -0.384. The van der Waals surface area contributed by atoms with Crippen molar-refractivity contribution in [3.05, 3.63) is 75.5 Å². The molecular weight excluding hydrogens is 530 g/mol. The Kier molecular flexibility index (Phi) is 7.77. The Balaban J connectivity index is 1.19. The van der Waals surface area contributed by atoms with Crippen molar-refractivity contribution >= 4 is 51.9 Å². The fraction of sp³-hybridized carbons (Fsp3) is 0.308. The molecule has 38 heavy (non-hydrogen) atoms. The molecule has 2 aliphatic rings. The smallest absolute Gasteiger partial charge is 0.293 e. The highest BCUT2D eigenvalue weighted by atomic mass is 35.5. The molecule has 0 spiro atoms. The van der Waals surface area contributed by atoms with Gasteiger partial charge in [-0.2, -0.15) is 0 Å². The number of hydrogen-bond acceptors (Lipinski definition) is 8. The average Bonchev–Trinajstić information content (AvgIpc) is 3.44. The summed E-state index contributed by atoms with van der Waals surface area (Å²) in [7, 11) is 0. The van der Waals surface area contributed by atoms with Gasteiger partial charge in [0.1, 0.15) is 11.4 Å². The Labute approximate surface area is 229 Å². The number of piperazine rings is 1. The van der Waals surface area contributed by atoms with E-state index < -0.39 is 5.91 Å². The van der Waals surface area contributed by atoms with Gasteiger partial charge in [0, 0.05) is 61.6 Å². The number of thiocarbonyl (C=S) groups is 1. The first-order valence-electron chi connectivity index (χ1n) is 12.2. The van der Waals surface area contributed by atoms with Gasteiger partial charge in [0.05, 0.1) is 18.1 Å². The summed E-state index contributed by atoms with van der Waals surface area (Å²) < 4.78 is 11.1. The third-order valence-corrected chi connectivity index (χ3v) is 7.23. The highest BCUT2D eigenvalue weighted by molar-refractivity contribution is 7.80. The molecule has 0 atom stereocenters. The van der Waals surface area contributed by atoms with Crippen LogP contribution in [-0.4, -0.2) is 73.3 Å². The lowest BCUT2D eigenvalue weighted by atomic mass is 10.1. The van der Waals surface area contributed by atoms with Crippen LogP contribution in [0, 0.1) is 10.1 Å². The molecule has 0 saturated carbocycles. The molecule has 1 amide bonds. The lowest BCUT2D eigenvalue weighted by Crippen LogP contribution is -2.52. The van der Waals surface area contributed by atoms with Crippen LogP contribution in [0.4, 0.5) is 17.1 Å². The van der Waals surface area contributed by atoms with Crippen molar-refractivity contribution in [1.29, 1.82) is 0 Å². The zero-order valence-corrected chi connectivity index (χ0v) is 22.0. The van der Waals surface area contributed by atoms with Crippen LogP contribution < -0.4 is 15.1 Å². The normalized spacial score (nSPS) is 15.9. The molecule has 0 bridgehead atoms. The summed E-state index contributed by atoms with van der Waals surface area (Å²) in [5.74, 6) is 0.312. The number of morpholine rings is 1. The SMILES string of the molecule is O=C(NC(=S)N1CCN(c2ccc([N+](=O)[O-])c(N3CCOCC3)c2)CC1)c1ccc(-c2ccc(Cl)cc2)o1. The summed E-state index contributed by atoms with van der Waals surface area (Å²) in [5, 5.41) is 15.3. The molecule has 1 aromatic heterocycles. The van der Waals surface area contributed by atoms with E-state index in [9.17, 15) is 14.9 Å². The van der Waals surface area contributed by atoms with Crippen LogP contribution in [0.25, 0.3) is 11.3 Å². The molecule has 0 aliphatic carbocycles. The maximum Gasteiger partial charge on any atom is 0.293 e. The zero-order chi connectivity index (χ0) is 26.6.